The van der Waals surface area contributed by atoms with Crippen molar-refractivity contribution < 1.29 is 19.0 Å². The summed E-state index contributed by atoms with van der Waals surface area (Å²) in [5, 5.41) is 13.1. The molecule has 22 heavy (non-hydrogen) atoms. The number of benzene rings is 1. The summed E-state index contributed by atoms with van der Waals surface area (Å²) in [6, 6.07) is 5.55. The second-order valence-corrected chi connectivity index (χ2v) is 6.39. The molecular formula is C17H26FNO3. The number of Topliss-reactive ketones (excluding diaryl/α,β-unsaturated/α-hetero) is 1. The van der Waals surface area contributed by atoms with E-state index >= 15 is 0 Å². The summed E-state index contributed by atoms with van der Waals surface area (Å²) in [4.78, 5) is 12.3. The standard InChI is InChI=1S/C17H26FNO3/c1-5-15(16(21)12-7-6-8-13(18)9-12)22-11-14(20)10-19-17(2,3)4/h6-9,14-15,19-20H,5,10-11H2,1-4H3. The highest BCUT2D eigenvalue weighted by Gasteiger charge is 2.21. The largest absolute Gasteiger partial charge is 0.389 e. The van der Waals surface area contributed by atoms with E-state index in [0.717, 1.165) is 0 Å². The molecule has 5 heteroatoms. The molecule has 1 rings (SSSR count). The summed E-state index contributed by atoms with van der Waals surface area (Å²) in [6.45, 7) is 8.27. The number of aliphatic hydroxyl groups excluding tert-OH is 1. The van der Waals surface area contributed by atoms with Crippen molar-refractivity contribution in [1.82, 2.24) is 5.32 Å². The van der Waals surface area contributed by atoms with Gasteiger partial charge in [-0.2, -0.15) is 0 Å². The van der Waals surface area contributed by atoms with Crippen molar-refractivity contribution in [2.24, 2.45) is 0 Å². The normalized spacial score (nSPS) is 14.6. The first kappa shape index (κ1) is 18.7. The van der Waals surface area contributed by atoms with Crippen LogP contribution >= 0.6 is 0 Å². The van der Waals surface area contributed by atoms with Gasteiger partial charge in [0.2, 0.25) is 0 Å². The predicted octanol–water partition coefficient (Wildman–Crippen LogP) is 2.55. The molecule has 0 aliphatic heterocycles. The molecule has 0 aromatic heterocycles. The van der Waals surface area contributed by atoms with Gasteiger partial charge in [0.05, 0.1) is 12.7 Å². The lowest BCUT2D eigenvalue weighted by Gasteiger charge is -2.24. The minimum atomic E-state index is -0.700. The van der Waals surface area contributed by atoms with E-state index < -0.39 is 18.0 Å². The average molecular weight is 311 g/mol. The van der Waals surface area contributed by atoms with E-state index in [1.807, 2.05) is 27.7 Å². The molecule has 124 valence electrons. The van der Waals surface area contributed by atoms with Gasteiger partial charge in [-0.05, 0) is 39.3 Å². The number of rotatable bonds is 8. The first-order valence-corrected chi connectivity index (χ1v) is 7.57. The molecule has 0 amide bonds. The first-order chi connectivity index (χ1) is 10.2. The molecule has 0 saturated carbocycles. The fourth-order valence-electron chi connectivity index (χ4n) is 1.92. The summed E-state index contributed by atoms with van der Waals surface area (Å²) in [5.74, 6) is -0.715. The molecular weight excluding hydrogens is 285 g/mol. The third-order valence-electron chi connectivity index (χ3n) is 3.13. The number of β-amino-alcohol motifs (C(OH)–C–C–N with tert-alkyl or cyclic N) is 1. The maximum atomic E-state index is 13.2. The van der Waals surface area contributed by atoms with Crippen molar-refractivity contribution in [2.45, 2.75) is 51.9 Å². The molecule has 0 heterocycles. The zero-order valence-electron chi connectivity index (χ0n) is 13.7. The van der Waals surface area contributed by atoms with Crippen LogP contribution in [0.4, 0.5) is 4.39 Å². The fourth-order valence-corrected chi connectivity index (χ4v) is 1.92. The minimum Gasteiger partial charge on any atom is -0.389 e. The lowest BCUT2D eigenvalue weighted by Crippen LogP contribution is -2.42. The number of carbonyl (C=O) groups excluding carboxylic acids is 1. The molecule has 2 unspecified atom stereocenters. The maximum absolute atomic E-state index is 13.2. The molecule has 1 aromatic carbocycles. The predicted molar refractivity (Wildman–Crippen MR) is 84.5 cm³/mol. The fraction of sp³-hybridized carbons (Fsp3) is 0.588. The van der Waals surface area contributed by atoms with Gasteiger partial charge >= 0.3 is 0 Å². The van der Waals surface area contributed by atoms with Gasteiger partial charge in [0.1, 0.15) is 11.9 Å². The van der Waals surface area contributed by atoms with Crippen LogP contribution in [-0.4, -0.2) is 41.8 Å². The summed E-state index contributed by atoms with van der Waals surface area (Å²) in [6.07, 6.45) is -0.908. The molecule has 0 aliphatic carbocycles. The smallest absolute Gasteiger partial charge is 0.191 e. The van der Waals surface area contributed by atoms with E-state index in [-0.39, 0.29) is 23.5 Å². The van der Waals surface area contributed by atoms with Gasteiger partial charge in [0.25, 0.3) is 0 Å². The van der Waals surface area contributed by atoms with Gasteiger partial charge in [-0.1, -0.05) is 19.1 Å². The summed E-state index contributed by atoms with van der Waals surface area (Å²) in [7, 11) is 0. The van der Waals surface area contributed by atoms with E-state index in [1.54, 1.807) is 6.07 Å². The average Bonchev–Trinajstić information content (AvgIpc) is 2.44. The first-order valence-electron chi connectivity index (χ1n) is 7.57. The molecule has 2 N–H and O–H groups in total. The Morgan fingerprint density at radius 3 is 2.64 bits per heavy atom. The highest BCUT2D eigenvalue weighted by Crippen LogP contribution is 2.11. The Morgan fingerprint density at radius 1 is 1.41 bits per heavy atom. The summed E-state index contributed by atoms with van der Waals surface area (Å²) < 4.78 is 18.7. The van der Waals surface area contributed by atoms with Gasteiger partial charge < -0.3 is 15.2 Å². The van der Waals surface area contributed by atoms with Crippen LogP contribution in [0.15, 0.2) is 24.3 Å². The third kappa shape index (κ3) is 6.64. The van der Waals surface area contributed by atoms with Gasteiger partial charge in [0.15, 0.2) is 5.78 Å². The molecule has 0 saturated heterocycles. The van der Waals surface area contributed by atoms with E-state index in [9.17, 15) is 14.3 Å². The van der Waals surface area contributed by atoms with Crippen molar-refractivity contribution in [3.8, 4) is 0 Å². The number of carbonyl (C=O) groups is 1. The van der Waals surface area contributed by atoms with Gasteiger partial charge in [-0.25, -0.2) is 4.39 Å². The number of ketones is 1. The van der Waals surface area contributed by atoms with E-state index in [1.165, 1.54) is 18.2 Å². The third-order valence-corrected chi connectivity index (χ3v) is 3.13. The van der Waals surface area contributed by atoms with Crippen LogP contribution in [0.1, 0.15) is 44.5 Å². The van der Waals surface area contributed by atoms with Gasteiger partial charge in [-0.15, -0.1) is 0 Å². The Kier molecular flexibility index (Phi) is 7.13. The number of aliphatic hydroxyl groups is 1. The van der Waals surface area contributed by atoms with Crippen LogP contribution in [-0.2, 0) is 4.74 Å². The summed E-state index contributed by atoms with van der Waals surface area (Å²) in [5.41, 5.74) is 0.192. The molecule has 4 nitrogen and oxygen atoms in total. The van der Waals surface area contributed by atoms with Crippen molar-refractivity contribution in [3.63, 3.8) is 0 Å². The second kappa shape index (κ2) is 8.36. The van der Waals surface area contributed by atoms with Crippen molar-refractivity contribution in [2.75, 3.05) is 13.2 Å². The molecule has 0 aliphatic rings. The van der Waals surface area contributed by atoms with Crippen molar-refractivity contribution >= 4 is 5.78 Å². The SMILES string of the molecule is CCC(OCC(O)CNC(C)(C)C)C(=O)c1cccc(F)c1. The lowest BCUT2D eigenvalue weighted by atomic mass is 10.0. The quantitative estimate of drug-likeness (QED) is 0.724. The highest BCUT2D eigenvalue weighted by atomic mass is 19.1. The van der Waals surface area contributed by atoms with Crippen LogP contribution in [0.5, 0.6) is 0 Å². The Hall–Kier alpha value is -1.30. The number of hydrogen-bond donors (Lipinski definition) is 2. The highest BCUT2D eigenvalue weighted by molar-refractivity contribution is 5.99. The van der Waals surface area contributed by atoms with Crippen LogP contribution in [0.2, 0.25) is 0 Å². The second-order valence-electron chi connectivity index (χ2n) is 6.39. The Balaban J connectivity index is 2.53. The topological polar surface area (TPSA) is 58.6 Å². The Labute approximate surface area is 131 Å². The number of nitrogens with one attached hydrogen (secondary N) is 1. The molecule has 1 aromatic rings. The molecule has 0 bridgehead atoms. The van der Waals surface area contributed by atoms with E-state index in [2.05, 4.69) is 5.32 Å². The molecule has 0 radical (unpaired) electrons. The maximum Gasteiger partial charge on any atom is 0.191 e. The molecule has 0 spiro atoms. The number of ether oxygens (including phenoxy) is 1. The van der Waals surface area contributed by atoms with E-state index in [0.29, 0.717) is 13.0 Å². The zero-order valence-corrected chi connectivity index (χ0v) is 13.7. The Bertz CT molecular complexity index is 485. The van der Waals surface area contributed by atoms with Gasteiger partial charge in [0, 0.05) is 17.6 Å². The number of halogens is 1. The van der Waals surface area contributed by atoms with Crippen LogP contribution in [0.3, 0.4) is 0 Å². The monoisotopic (exact) mass is 311 g/mol. The molecule has 2 atom stereocenters. The van der Waals surface area contributed by atoms with Crippen LogP contribution < -0.4 is 5.32 Å². The van der Waals surface area contributed by atoms with Crippen LogP contribution in [0, 0.1) is 5.82 Å². The van der Waals surface area contributed by atoms with Gasteiger partial charge in [-0.3, -0.25) is 4.79 Å². The minimum absolute atomic E-state index is 0.0582. The van der Waals surface area contributed by atoms with Crippen molar-refractivity contribution in [3.05, 3.63) is 35.6 Å². The summed E-state index contributed by atoms with van der Waals surface area (Å²) >= 11 is 0. The number of hydrogen-bond acceptors (Lipinski definition) is 4. The lowest BCUT2D eigenvalue weighted by molar-refractivity contribution is -0.00453. The van der Waals surface area contributed by atoms with Crippen LogP contribution in [0.25, 0.3) is 0 Å². The molecule has 0 fully saturated rings. The Morgan fingerprint density at radius 2 is 2.09 bits per heavy atom. The van der Waals surface area contributed by atoms with E-state index in [4.69, 9.17) is 4.74 Å². The zero-order chi connectivity index (χ0) is 16.8. The van der Waals surface area contributed by atoms with Crippen molar-refractivity contribution in [1.29, 1.82) is 0 Å².